The summed E-state index contributed by atoms with van der Waals surface area (Å²) in [5.41, 5.74) is 1.33. The zero-order valence-corrected chi connectivity index (χ0v) is 13.7. The van der Waals surface area contributed by atoms with Gasteiger partial charge in [-0.05, 0) is 37.7 Å². The first kappa shape index (κ1) is 16.4. The SMILES string of the molecule is CC(=O)c1cccc(C(=O)OC2(c3ccccc3)CCNCC2)c1. The molecule has 4 heteroatoms. The van der Waals surface area contributed by atoms with E-state index in [-0.39, 0.29) is 11.8 Å². The van der Waals surface area contributed by atoms with Gasteiger partial charge >= 0.3 is 5.97 Å². The van der Waals surface area contributed by atoms with Crippen molar-refractivity contribution >= 4 is 11.8 Å². The number of piperidine rings is 1. The summed E-state index contributed by atoms with van der Waals surface area (Å²) in [5.74, 6) is -0.451. The standard InChI is InChI=1S/C20H21NO3/c1-15(22)16-6-5-7-17(14-16)19(23)24-20(10-12-21-13-11-20)18-8-3-2-4-9-18/h2-9,14,21H,10-13H2,1H3. The Labute approximate surface area is 141 Å². The van der Waals surface area contributed by atoms with Gasteiger partial charge in [0.05, 0.1) is 5.56 Å². The highest BCUT2D eigenvalue weighted by molar-refractivity contribution is 5.97. The van der Waals surface area contributed by atoms with Gasteiger partial charge in [-0.3, -0.25) is 4.79 Å². The van der Waals surface area contributed by atoms with Crippen LogP contribution in [0.4, 0.5) is 0 Å². The first-order valence-electron chi connectivity index (χ1n) is 8.21. The van der Waals surface area contributed by atoms with Crippen LogP contribution in [-0.2, 0) is 10.3 Å². The van der Waals surface area contributed by atoms with Crippen LogP contribution >= 0.6 is 0 Å². The zero-order valence-electron chi connectivity index (χ0n) is 13.7. The quantitative estimate of drug-likeness (QED) is 0.693. The molecule has 3 rings (SSSR count). The number of hydrogen-bond donors (Lipinski definition) is 1. The summed E-state index contributed by atoms with van der Waals surface area (Å²) in [7, 11) is 0. The number of esters is 1. The summed E-state index contributed by atoms with van der Waals surface area (Å²) in [6.45, 7) is 3.09. The molecule has 1 aliphatic heterocycles. The van der Waals surface area contributed by atoms with Gasteiger partial charge < -0.3 is 10.1 Å². The molecule has 0 spiro atoms. The van der Waals surface area contributed by atoms with E-state index in [2.05, 4.69) is 5.32 Å². The van der Waals surface area contributed by atoms with Crippen molar-refractivity contribution in [3.05, 3.63) is 71.3 Å². The molecule has 1 N–H and O–H groups in total. The highest BCUT2D eigenvalue weighted by Crippen LogP contribution is 2.35. The Kier molecular flexibility index (Phi) is 4.76. The van der Waals surface area contributed by atoms with E-state index in [1.54, 1.807) is 24.3 Å². The van der Waals surface area contributed by atoms with Crippen LogP contribution in [0.5, 0.6) is 0 Å². The van der Waals surface area contributed by atoms with E-state index in [0.717, 1.165) is 31.5 Å². The molecule has 24 heavy (non-hydrogen) atoms. The number of ketones is 1. The molecular weight excluding hydrogens is 302 g/mol. The predicted molar refractivity (Wildman–Crippen MR) is 92.1 cm³/mol. The molecule has 0 unspecified atom stereocenters. The van der Waals surface area contributed by atoms with Crippen LogP contribution in [0, 0.1) is 0 Å². The minimum absolute atomic E-state index is 0.0655. The lowest BCUT2D eigenvalue weighted by Gasteiger charge is -2.37. The third kappa shape index (κ3) is 3.39. The molecule has 1 saturated heterocycles. The van der Waals surface area contributed by atoms with Gasteiger partial charge in [0.2, 0.25) is 0 Å². The molecule has 0 radical (unpaired) electrons. The summed E-state index contributed by atoms with van der Waals surface area (Å²) >= 11 is 0. The lowest BCUT2D eigenvalue weighted by Crippen LogP contribution is -2.43. The van der Waals surface area contributed by atoms with Crippen LogP contribution in [-0.4, -0.2) is 24.8 Å². The van der Waals surface area contributed by atoms with E-state index < -0.39 is 5.60 Å². The van der Waals surface area contributed by atoms with Gasteiger partial charge in [-0.1, -0.05) is 42.5 Å². The minimum Gasteiger partial charge on any atom is -0.450 e. The fourth-order valence-electron chi connectivity index (χ4n) is 3.12. The Morgan fingerprint density at radius 1 is 0.958 bits per heavy atom. The normalized spacial score (nSPS) is 16.4. The number of Topliss-reactive ketones (excluding diaryl/α,β-unsaturated/α-hetero) is 1. The van der Waals surface area contributed by atoms with Gasteiger partial charge in [-0.25, -0.2) is 4.79 Å². The molecule has 1 fully saturated rings. The largest absolute Gasteiger partial charge is 0.450 e. The number of carbonyl (C=O) groups excluding carboxylic acids is 2. The van der Waals surface area contributed by atoms with Crippen molar-refractivity contribution in [3.8, 4) is 0 Å². The molecule has 124 valence electrons. The average Bonchev–Trinajstić information content (AvgIpc) is 2.63. The molecule has 2 aromatic rings. The number of ether oxygens (including phenoxy) is 1. The van der Waals surface area contributed by atoms with Gasteiger partial charge in [0.1, 0.15) is 5.60 Å². The second-order valence-corrected chi connectivity index (χ2v) is 6.14. The van der Waals surface area contributed by atoms with Crippen LogP contribution < -0.4 is 5.32 Å². The van der Waals surface area contributed by atoms with E-state index in [0.29, 0.717) is 11.1 Å². The third-order valence-electron chi connectivity index (χ3n) is 4.50. The maximum atomic E-state index is 12.7. The van der Waals surface area contributed by atoms with Gasteiger partial charge in [-0.15, -0.1) is 0 Å². The van der Waals surface area contributed by atoms with Crippen molar-refractivity contribution < 1.29 is 14.3 Å². The Morgan fingerprint density at radius 3 is 2.29 bits per heavy atom. The highest BCUT2D eigenvalue weighted by atomic mass is 16.6. The topological polar surface area (TPSA) is 55.4 Å². The third-order valence-corrected chi connectivity index (χ3v) is 4.50. The number of hydrogen-bond acceptors (Lipinski definition) is 4. The second kappa shape index (κ2) is 6.97. The van der Waals surface area contributed by atoms with Crippen LogP contribution in [0.15, 0.2) is 54.6 Å². The minimum atomic E-state index is -0.615. The number of benzene rings is 2. The summed E-state index contributed by atoms with van der Waals surface area (Å²) < 4.78 is 6.00. The summed E-state index contributed by atoms with van der Waals surface area (Å²) in [4.78, 5) is 24.2. The smallest absolute Gasteiger partial charge is 0.339 e. The Balaban J connectivity index is 1.89. The molecule has 0 atom stereocenters. The van der Waals surface area contributed by atoms with E-state index in [1.807, 2.05) is 30.3 Å². The fraction of sp³-hybridized carbons (Fsp3) is 0.300. The van der Waals surface area contributed by atoms with E-state index in [1.165, 1.54) is 6.92 Å². The zero-order chi connectivity index (χ0) is 17.0. The van der Waals surface area contributed by atoms with Crippen molar-refractivity contribution in [2.75, 3.05) is 13.1 Å². The van der Waals surface area contributed by atoms with Crippen molar-refractivity contribution in [3.63, 3.8) is 0 Å². The Morgan fingerprint density at radius 2 is 1.62 bits per heavy atom. The molecule has 0 bridgehead atoms. The summed E-state index contributed by atoms with van der Waals surface area (Å²) in [5, 5.41) is 3.31. The molecule has 1 aliphatic rings. The van der Waals surface area contributed by atoms with Gasteiger partial charge in [0.25, 0.3) is 0 Å². The molecule has 0 aromatic heterocycles. The van der Waals surface area contributed by atoms with E-state index in [9.17, 15) is 9.59 Å². The van der Waals surface area contributed by atoms with Gasteiger partial charge in [0, 0.05) is 18.4 Å². The average molecular weight is 323 g/mol. The van der Waals surface area contributed by atoms with Gasteiger partial charge in [-0.2, -0.15) is 0 Å². The number of carbonyl (C=O) groups is 2. The summed E-state index contributed by atoms with van der Waals surface area (Å²) in [6, 6.07) is 16.6. The van der Waals surface area contributed by atoms with Crippen molar-refractivity contribution in [1.82, 2.24) is 5.32 Å². The maximum absolute atomic E-state index is 12.7. The molecule has 0 aliphatic carbocycles. The van der Waals surface area contributed by atoms with Crippen LogP contribution in [0.2, 0.25) is 0 Å². The molecule has 4 nitrogen and oxygen atoms in total. The molecule has 0 saturated carbocycles. The molecule has 2 aromatic carbocycles. The highest BCUT2D eigenvalue weighted by Gasteiger charge is 2.38. The van der Waals surface area contributed by atoms with Crippen LogP contribution in [0.25, 0.3) is 0 Å². The lowest BCUT2D eigenvalue weighted by molar-refractivity contribution is -0.0378. The van der Waals surface area contributed by atoms with Crippen molar-refractivity contribution in [1.29, 1.82) is 0 Å². The predicted octanol–water partition coefficient (Wildman–Crippen LogP) is 3.32. The van der Waals surface area contributed by atoms with Crippen molar-refractivity contribution in [2.45, 2.75) is 25.4 Å². The second-order valence-electron chi connectivity index (χ2n) is 6.14. The van der Waals surface area contributed by atoms with Gasteiger partial charge in [0.15, 0.2) is 5.78 Å². The molecule has 1 heterocycles. The lowest BCUT2D eigenvalue weighted by atomic mass is 9.84. The first-order valence-corrected chi connectivity index (χ1v) is 8.21. The number of rotatable bonds is 4. The summed E-state index contributed by atoms with van der Waals surface area (Å²) in [6.07, 6.45) is 1.46. The van der Waals surface area contributed by atoms with E-state index in [4.69, 9.17) is 4.74 Å². The van der Waals surface area contributed by atoms with Crippen LogP contribution in [0.1, 0.15) is 46.0 Å². The Bertz CT molecular complexity index is 734. The monoisotopic (exact) mass is 323 g/mol. The molecule has 0 amide bonds. The van der Waals surface area contributed by atoms with Crippen LogP contribution in [0.3, 0.4) is 0 Å². The Hall–Kier alpha value is -2.46. The number of nitrogens with one attached hydrogen (secondary N) is 1. The van der Waals surface area contributed by atoms with Crippen molar-refractivity contribution in [2.24, 2.45) is 0 Å². The first-order chi connectivity index (χ1) is 11.6. The van der Waals surface area contributed by atoms with E-state index >= 15 is 0 Å². The fourth-order valence-corrected chi connectivity index (χ4v) is 3.12. The maximum Gasteiger partial charge on any atom is 0.339 e. The molecular formula is C20H21NO3.